The first-order valence-electron chi connectivity index (χ1n) is 8.33. The molecule has 21 heavy (non-hydrogen) atoms. The molecular formula is C18H28O3. The Morgan fingerprint density at radius 3 is 2.57 bits per heavy atom. The van der Waals surface area contributed by atoms with Crippen LogP contribution in [0.25, 0.3) is 0 Å². The predicted octanol–water partition coefficient (Wildman–Crippen LogP) is 3.44. The molecule has 1 saturated heterocycles. The molecule has 1 N–H and O–H groups in total. The van der Waals surface area contributed by atoms with Crippen molar-refractivity contribution in [2.45, 2.75) is 56.8 Å². The molecule has 1 aliphatic heterocycles. The first-order chi connectivity index (χ1) is 10.2. The van der Waals surface area contributed by atoms with Crippen LogP contribution in [0.5, 0.6) is 0 Å². The van der Waals surface area contributed by atoms with Gasteiger partial charge in [-0.3, -0.25) is 0 Å². The summed E-state index contributed by atoms with van der Waals surface area (Å²) >= 11 is 0. The van der Waals surface area contributed by atoms with E-state index in [1.165, 1.54) is 0 Å². The summed E-state index contributed by atoms with van der Waals surface area (Å²) in [7, 11) is 0. The van der Waals surface area contributed by atoms with Gasteiger partial charge >= 0.3 is 0 Å². The molecule has 3 aliphatic rings. The monoisotopic (exact) mass is 292 g/mol. The zero-order chi connectivity index (χ0) is 14.9. The number of hydrogen-bond donors (Lipinski definition) is 1. The lowest BCUT2D eigenvalue weighted by Crippen LogP contribution is -2.46. The first-order valence-corrected chi connectivity index (χ1v) is 8.33. The van der Waals surface area contributed by atoms with E-state index in [0.29, 0.717) is 31.5 Å². The minimum absolute atomic E-state index is 0.274. The third-order valence-corrected chi connectivity index (χ3v) is 6.07. The molecule has 1 spiro atoms. The van der Waals surface area contributed by atoms with E-state index in [9.17, 15) is 5.11 Å². The minimum atomic E-state index is -0.379. The van der Waals surface area contributed by atoms with Crippen molar-refractivity contribution in [3.8, 4) is 0 Å². The fourth-order valence-corrected chi connectivity index (χ4v) is 5.02. The van der Waals surface area contributed by atoms with Gasteiger partial charge in [-0.05, 0) is 49.9 Å². The summed E-state index contributed by atoms with van der Waals surface area (Å²) < 4.78 is 12.1. The van der Waals surface area contributed by atoms with E-state index in [4.69, 9.17) is 9.47 Å². The fourth-order valence-electron chi connectivity index (χ4n) is 5.02. The van der Waals surface area contributed by atoms with Crippen LogP contribution in [0.1, 0.15) is 44.9 Å². The van der Waals surface area contributed by atoms with Gasteiger partial charge in [-0.25, -0.2) is 0 Å². The lowest BCUT2D eigenvalue weighted by Gasteiger charge is -2.47. The van der Waals surface area contributed by atoms with Gasteiger partial charge in [0.15, 0.2) is 5.79 Å². The van der Waals surface area contributed by atoms with E-state index in [2.05, 4.69) is 19.2 Å². The maximum atomic E-state index is 10.4. The number of hydrogen-bond acceptors (Lipinski definition) is 3. The molecule has 0 radical (unpaired) electrons. The van der Waals surface area contributed by atoms with Gasteiger partial charge < -0.3 is 14.6 Å². The van der Waals surface area contributed by atoms with E-state index in [1.54, 1.807) is 0 Å². The molecule has 0 aromatic heterocycles. The zero-order valence-electron chi connectivity index (χ0n) is 12.9. The molecule has 0 aromatic rings. The van der Waals surface area contributed by atoms with Crippen molar-refractivity contribution in [1.82, 2.24) is 0 Å². The summed E-state index contributed by atoms with van der Waals surface area (Å²) in [6, 6.07) is 0. The molecule has 3 heteroatoms. The molecule has 4 atom stereocenters. The summed E-state index contributed by atoms with van der Waals surface area (Å²) in [4.78, 5) is 0. The van der Waals surface area contributed by atoms with Gasteiger partial charge in [0.2, 0.25) is 0 Å². The van der Waals surface area contributed by atoms with Crippen molar-refractivity contribution >= 4 is 0 Å². The van der Waals surface area contributed by atoms with E-state index < -0.39 is 0 Å². The molecule has 118 valence electrons. The maximum Gasteiger partial charge on any atom is 0.171 e. The van der Waals surface area contributed by atoms with Crippen LogP contribution >= 0.6 is 0 Å². The van der Waals surface area contributed by atoms with Crippen LogP contribution in [0, 0.1) is 17.3 Å². The standard InChI is InChI=1S/C18H28O3/c1-3-5-15(19)14-6-8-17(7-4-2)9-10-18(16(17)13-14)20-11-12-21-18/h3-4,14-16,19H,1-2,5-13H2/t14-,15-,16+,17+/m1/s1. The molecule has 2 aliphatic carbocycles. The van der Waals surface area contributed by atoms with Crippen molar-refractivity contribution in [2.75, 3.05) is 13.2 Å². The first kappa shape index (κ1) is 15.3. The van der Waals surface area contributed by atoms with Gasteiger partial charge in [0.1, 0.15) is 0 Å². The summed E-state index contributed by atoms with van der Waals surface area (Å²) in [6.45, 7) is 9.14. The Bertz CT molecular complexity index is 399. The highest BCUT2D eigenvalue weighted by molar-refractivity contribution is 5.08. The summed E-state index contributed by atoms with van der Waals surface area (Å²) in [5, 5.41) is 10.4. The molecular weight excluding hydrogens is 264 g/mol. The highest BCUT2D eigenvalue weighted by Gasteiger charge is 2.61. The second kappa shape index (κ2) is 5.86. The highest BCUT2D eigenvalue weighted by atomic mass is 16.7. The topological polar surface area (TPSA) is 38.7 Å². The molecule has 3 rings (SSSR count). The van der Waals surface area contributed by atoms with Crippen molar-refractivity contribution in [3.63, 3.8) is 0 Å². The van der Waals surface area contributed by atoms with Gasteiger partial charge in [-0.2, -0.15) is 0 Å². The highest BCUT2D eigenvalue weighted by Crippen LogP contribution is 2.62. The quantitative estimate of drug-likeness (QED) is 0.789. The van der Waals surface area contributed by atoms with Crippen LogP contribution < -0.4 is 0 Å². The van der Waals surface area contributed by atoms with Crippen LogP contribution in [0.2, 0.25) is 0 Å². The molecule has 3 nitrogen and oxygen atoms in total. The Morgan fingerprint density at radius 1 is 1.14 bits per heavy atom. The van der Waals surface area contributed by atoms with Crippen LogP contribution in [0.15, 0.2) is 25.3 Å². The lowest BCUT2D eigenvalue weighted by atomic mass is 9.61. The van der Waals surface area contributed by atoms with E-state index in [-0.39, 0.29) is 17.3 Å². The van der Waals surface area contributed by atoms with Gasteiger partial charge in [0.25, 0.3) is 0 Å². The van der Waals surface area contributed by atoms with Crippen LogP contribution in [0.3, 0.4) is 0 Å². The molecule has 0 unspecified atom stereocenters. The zero-order valence-corrected chi connectivity index (χ0v) is 12.9. The van der Waals surface area contributed by atoms with Crippen molar-refractivity contribution in [2.24, 2.45) is 17.3 Å². The second-order valence-corrected chi connectivity index (χ2v) is 7.04. The number of aliphatic hydroxyl groups is 1. The lowest BCUT2D eigenvalue weighted by molar-refractivity contribution is -0.207. The average molecular weight is 292 g/mol. The number of aliphatic hydroxyl groups excluding tert-OH is 1. The third kappa shape index (κ3) is 2.49. The van der Waals surface area contributed by atoms with Crippen molar-refractivity contribution in [3.05, 3.63) is 25.3 Å². The maximum absolute atomic E-state index is 10.4. The molecule has 2 saturated carbocycles. The van der Waals surface area contributed by atoms with Gasteiger partial charge in [-0.15, -0.1) is 13.2 Å². The van der Waals surface area contributed by atoms with Gasteiger partial charge in [-0.1, -0.05) is 12.2 Å². The SMILES string of the molecule is C=CC[C@@H](O)[C@@H]1CC[C@@]2(CC=C)CCC3(OCCO3)[C@H]2C1. The number of fused-ring (bicyclic) bond motifs is 2. The summed E-state index contributed by atoms with van der Waals surface area (Å²) in [5.74, 6) is 0.354. The van der Waals surface area contributed by atoms with Crippen molar-refractivity contribution in [1.29, 1.82) is 0 Å². The molecule has 3 fully saturated rings. The molecule has 0 bridgehead atoms. The minimum Gasteiger partial charge on any atom is -0.393 e. The Hall–Kier alpha value is -0.640. The van der Waals surface area contributed by atoms with E-state index in [0.717, 1.165) is 38.5 Å². The molecule has 0 amide bonds. The third-order valence-electron chi connectivity index (χ3n) is 6.07. The normalized spacial score (nSPS) is 39.1. The van der Waals surface area contributed by atoms with E-state index >= 15 is 0 Å². The van der Waals surface area contributed by atoms with Gasteiger partial charge in [0, 0.05) is 12.3 Å². The molecule has 0 aromatic carbocycles. The number of rotatable bonds is 5. The summed E-state index contributed by atoms with van der Waals surface area (Å²) in [6.07, 6.45) is 10.7. The number of allylic oxidation sites excluding steroid dienone is 1. The fraction of sp³-hybridized carbons (Fsp3) is 0.778. The Balaban J connectivity index is 1.82. The second-order valence-electron chi connectivity index (χ2n) is 7.04. The Labute approximate surface area is 128 Å². The Morgan fingerprint density at radius 2 is 1.90 bits per heavy atom. The van der Waals surface area contributed by atoms with Crippen LogP contribution in [0.4, 0.5) is 0 Å². The number of ether oxygens (including phenoxy) is 2. The Kier molecular flexibility index (Phi) is 4.26. The molecule has 1 heterocycles. The predicted molar refractivity (Wildman–Crippen MR) is 82.8 cm³/mol. The van der Waals surface area contributed by atoms with Crippen LogP contribution in [-0.4, -0.2) is 30.2 Å². The van der Waals surface area contributed by atoms with Crippen molar-refractivity contribution < 1.29 is 14.6 Å². The average Bonchev–Trinajstić information content (AvgIpc) is 3.07. The largest absolute Gasteiger partial charge is 0.393 e. The van der Waals surface area contributed by atoms with Gasteiger partial charge in [0.05, 0.1) is 19.3 Å². The smallest absolute Gasteiger partial charge is 0.171 e. The summed E-state index contributed by atoms with van der Waals surface area (Å²) in [5.41, 5.74) is 0.274. The van der Waals surface area contributed by atoms with E-state index in [1.807, 2.05) is 6.08 Å². The van der Waals surface area contributed by atoms with Crippen LogP contribution in [-0.2, 0) is 9.47 Å².